The molecule has 0 N–H and O–H groups in total. The molecule has 1 aromatic carbocycles. The quantitative estimate of drug-likeness (QED) is 0.780. The molecule has 0 unspecified atom stereocenters. The van der Waals surface area contributed by atoms with E-state index in [0.29, 0.717) is 17.3 Å². The highest BCUT2D eigenvalue weighted by molar-refractivity contribution is 5.75. The first kappa shape index (κ1) is 12.5. The molecule has 7 heteroatoms. The smallest absolute Gasteiger partial charge is 0.351 e. The largest absolute Gasteiger partial charge is 0.485 e. The molecule has 0 saturated heterocycles. The molecule has 7 nitrogen and oxygen atoms in total. The summed E-state index contributed by atoms with van der Waals surface area (Å²) in [5, 5.41) is 3.60. The maximum Gasteiger partial charge on any atom is 0.351 e. The van der Waals surface area contributed by atoms with Crippen molar-refractivity contribution in [2.75, 3.05) is 6.61 Å². The van der Waals surface area contributed by atoms with Crippen molar-refractivity contribution in [3.8, 4) is 11.5 Å². The number of benzene rings is 1. The van der Waals surface area contributed by atoms with Crippen molar-refractivity contribution in [2.24, 2.45) is 0 Å². The molecule has 1 aliphatic rings. The Kier molecular flexibility index (Phi) is 3.24. The lowest BCUT2D eigenvalue weighted by Crippen LogP contribution is -2.37. The molecular formula is C13H12N2O5. The Morgan fingerprint density at radius 1 is 1.40 bits per heavy atom. The molecule has 0 bridgehead atoms. The lowest BCUT2D eigenvalue weighted by molar-refractivity contribution is -0.156. The van der Waals surface area contributed by atoms with E-state index in [1.165, 1.54) is 0 Å². The minimum Gasteiger partial charge on any atom is -0.485 e. The van der Waals surface area contributed by atoms with Gasteiger partial charge in [-0.15, -0.1) is 0 Å². The van der Waals surface area contributed by atoms with Crippen LogP contribution >= 0.6 is 0 Å². The minimum absolute atomic E-state index is 0.0822. The van der Waals surface area contributed by atoms with Gasteiger partial charge in [-0.1, -0.05) is 17.3 Å². The van der Waals surface area contributed by atoms with Crippen LogP contribution in [-0.4, -0.2) is 28.8 Å². The van der Waals surface area contributed by atoms with Gasteiger partial charge in [-0.05, 0) is 19.1 Å². The van der Waals surface area contributed by atoms with Crippen LogP contribution in [0.4, 0.5) is 0 Å². The van der Waals surface area contributed by atoms with Crippen molar-refractivity contribution in [3.05, 3.63) is 36.0 Å². The second kappa shape index (κ2) is 5.20. The number of nitrogens with zero attached hydrogens (tertiary/aromatic N) is 2. The van der Waals surface area contributed by atoms with Crippen molar-refractivity contribution >= 4 is 5.97 Å². The molecular weight excluding hydrogens is 264 g/mol. The van der Waals surface area contributed by atoms with Crippen LogP contribution in [0.3, 0.4) is 0 Å². The summed E-state index contributed by atoms with van der Waals surface area (Å²) in [6.45, 7) is 1.71. The number of aryl methyl sites for hydroxylation is 1. The summed E-state index contributed by atoms with van der Waals surface area (Å²) < 4.78 is 20.9. The highest BCUT2D eigenvalue weighted by Gasteiger charge is 2.29. The Bertz CT molecular complexity index is 625. The molecule has 3 rings (SSSR count). The predicted octanol–water partition coefficient (Wildman–Crippen LogP) is 1.26. The Labute approximate surface area is 114 Å². The Hall–Kier alpha value is -2.57. The maximum absolute atomic E-state index is 11.9. The van der Waals surface area contributed by atoms with Crippen LogP contribution in [0.1, 0.15) is 11.7 Å². The molecule has 1 aromatic heterocycles. The Morgan fingerprint density at radius 3 is 2.95 bits per heavy atom. The lowest BCUT2D eigenvalue weighted by Gasteiger charge is -2.24. The van der Waals surface area contributed by atoms with Gasteiger partial charge in [0.05, 0.1) is 0 Å². The van der Waals surface area contributed by atoms with Crippen molar-refractivity contribution < 1.29 is 23.5 Å². The SMILES string of the molecule is Cc1noc(COC(=O)[C@H]2COc3ccccc3O2)n1. The summed E-state index contributed by atoms with van der Waals surface area (Å²) in [5.41, 5.74) is 0. The fourth-order valence-electron chi connectivity index (χ4n) is 1.76. The third-order valence-corrected chi connectivity index (χ3v) is 2.68. The van der Waals surface area contributed by atoms with E-state index in [0.717, 1.165) is 0 Å². The number of aromatic nitrogens is 2. The molecule has 0 aliphatic carbocycles. The van der Waals surface area contributed by atoms with E-state index >= 15 is 0 Å². The molecule has 0 fully saturated rings. The topological polar surface area (TPSA) is 83.7 Å². The first-order chi connectivity index (χ1) is 9.72. The summed E-state index contributed by atoms with van der Waals surface area (Å²) in [4.78, 5) is 15.8. The number of carbonyl (C=O) groups is 1. The van der Waals surface area contributed by atoms with Gasteiger partial charge in [0.2, 0.25) is 6.10 Å². The molecule has 104 valence electrons. The molecule has 2 heterocycles. The Balaban J connectivity index is 1.59. The van der Waals surface area contributed by atoms with Crippen LogP contribution in [0.25, 0.3) is 0 Å². The second-order valence-corrected chi connectivity index (χ2v) is 4.21. The molecule has 1 atom stereocenters. The summed E-state index contributed by atoms with van der Waals surface area (Å²) in [6.07, 6.45) is -0.797. The molecule has 20 heavy (non-hydrogen) atoms. The zero-order valence-electron chi connectivity index (χ0n) is 10.7. The van der Waals surface area contributed by atoms with Crippen molar-refractivity contribution in [1.29, 1.82) is 0 Å². The number of para-hydroxylation sites is 2. The van der Waals surface area contributed by atoms with Crippen LogP contribution in [0.15, 0.2) is 28.8 Å². The molecule has 1 aliphatic heterocycles. The van der Waals surface area contributed by atoms with Gasteiger partial charge < -0.3 is 18.7 Å². The van der Waals surface area contributed by atoms with E-state index in [1.54, 1.807) is 25.1 Å². The second-order valence-electron chi connectivity index (χ2n) is 4.21. The summed E-state index contributed by atoms with van der Waals surface area (Å²) in [7, 11) is 0. The minimum atomic E-state index is -0.797. The van der Waals surface area contributed by atoms with Crippen LogP contribution < -0.4 is 9.47 Å². The normalized spacial score (nSPS) is 16.8. The molecule has 0 radical (unpaired) electrons. The highest BCUT2D eigenvalue weighted by atomic mass is 16.6. The fourth-order valence-corrected chi connectivity index (χ4v) is 1.76. The van der Waals surface area contributed by atoms with Gasteiger partial charge in [0.15, 0.2) is 23.9 Å². The summed E-state index contributed by atoms with van der Waals surface area (Å²) >= 11 is 0. The number of ether oxygens (including phenoxy) is 3. The highest BCUT2D eigenvalue weighted by Crippen LogP contribution is 2.31. The molecule has 0 saturated carbocycles. The third kappa shape index (κ3) is 2.56. The van der Waals surface area contributed by atoms with E-state index in [1.807, 2.05) is 6.07 Å². The molecule has 0 spiro atoms. The van der Waals surface area contributed by atoms with Crippen molar-refractivity contribution in [2.45, 2.75) is 19.6 Å². The Morgan fingerprint density at radius 2 is 2.20 bits per heavy atom. The number of hydrogen-bond acceptors (Lipinski definition) is 7. The van der Waals surface area contributed by atoms with Crippen molar-refractivity contribution in [1.82, 2.24) is 10.1 Å². The zero-order valence-corrected chi connectivity index (χ0v) is 10.7. The third-order valence-electron chi connectivity index (χ3n) is 2.68. The lowest BCUT2D eigenvalue weighted by atomic mass is 10.2. The fraction of sp³-hybridized carbons (Fsp3) is 0.308. The van der Waals surface area contributed by atoms with E-state index < -0.39 is 12.1 Å². The van der Waals surface area contributed by atoms with E-state index in [9.17, 15) is 4.79 Å². The van der Waals surface area contributed by atoms with E-state index in [4.69, 9.17) is 18.7 Å². The number of rotatable bonds is 3. The van der Waals surface area contributed by atoms with Crippen LogP contribution in [-0.2, 0) is 16.1 Å². The average molecular weight is 276 g/mol. The monoisotopic (exact) mass is 276 g/mol. The van der Waals surface area contributed by atoms with Crippen LogP contribution in [0, 0.1) is 6.92 Å². The molecule has 0 amide bonds. The predicted molar refractivity (Wildman–Crippen MR) is 65.2 cm³/mol. The number of carbonyl (C=O) groups excluding carboxylic acids is 1. The maximum atomic E-state index is 11.9. The molecule has 2 aromatic rings. The van der Waals surface area contributed by atoms with Crippen molar-refractivity contribution in [3.63, 3.8) is 0 Å². The summed E-state index contributed by atoms with van der Waals surface area (Å²) in [5.74, 6) is 1.34. The van der Waals surface area contributed by atoms with E-state index in [2.05, 4.69) is 10.1 Å². The van der Waals surface area contributed by atoms with Gasteiger partial charge in [-0.25, -0.2) is 4.79 Å². The standard InChI is InChI=1S/C13H12N2O5/c1-8-14-12(20-15-8)7-18-13(16)11-6-17-9-4-2-3-5-10(9)19-11/h2-5,11H,6-7H2,1H3/t11-/m1/s1. The number of esters is 1. The zero-order chi connectivity index (χ0) is 13.9. The van der Waals surface area contributed by atoms with Crippen LogP contribution in [0.2, 0.25) is 0 Å². The van der Waals surface area contributed by atoms with Crippen LogP contribution in [0.5, 0.6) is 11.5 Å². The van der Waals surface area contributed by atoms with Gasteiger partial charge >= 0.3 is 5.97 Å². The van der Waals surface area contributed by atoms with Gasteiger partial charge in [0, 0.05) is 0 Å². The number of hydrogen-bond donors (Lipinski definition) is 0. The number of fused-ring (bicyclic) bond motifs is 1. The van der Waals surface area contributed by atoms with E-state index in [-0.39, 0.29) is 19.1 Å². The van der Waals surface area contributed by atoms with Gasteiger partial charge in [0.1, 0.15) is 6.61 Å². The van der Waals surface area contributed by atoms with Gasteiger partial charge in [-0.3, -0.25) is 0 Å². The van der Waals surface area contributed by atoms with Gasteiger partial charge in [-0.2, -0.15) is 4.98 Å². The van der Waals surface area contributed by atoms with Gasteiger partial charge in [0.25, 0.3) is 5.89 Å². The average Bonchev–Trinajstić information content (AvgIpc) is 2.90. The first-order valence-corrected chi connectivity index (χ1v) is 6.06. The first-order valence-electron chi connectivity index (χ1n) is 6.06. The summed E-state index contributed by atoms with van der Waals surface area (Å²) in [6, 6.07) is 7.14.